The second kappa shape index (κ2) is 3.99. The SMILES string of the molecule is COc1ccc(O)c2sc3ccccc3c(=O)c12. The van der Waals surface area contributed by atoms with Crippen LogP contribution in [0.4, 0.5) is 0 Å². The second-order valence-electron chi connectivity index (χ2n) is 3.92. The van der Waals surface area contributed by atoms with Gasteiger partial charge in [-0.25, -0.2) is 0 Å². The first-order valence-corrected chi connectivity index (χ1v) is 6.25. The van der Waals surface area contributed by atoms with E-state index in [2.05, 4.69) is 0 Å². The predicted octanol–water partition coefficient (Wildman–Crippen LogP) is 3.13. The molecule has 0 saturated heterocycles. The Hall–Kier alpha value is -2.07. The highest BCUT2D eigenvalue weighted by molar-refractivity contribution is 7.24. The lowest BCUT2D eigenvalue weighted by molar-refractivity contribution is 0.418. The van der Waals surface area contributed by atoms with E-state index < -0.39 is 0 Å². The van der Waals surface area contributed by atoms with Gasteiger partial charge in [0.25, 0.3) is 0 Å². The van der Waals surface area contributed by atoms with E-state index in [1.165, 1.54) is 18.4 Å². The maximum atomic E-state index is 12.4. The van der Waals surface area contributed by atoms with Crippen molar-refractivity contribution in [3.05, 3.63) is 46.6 Å². The molecule has 4 heteroatoms. The lowest BCUT2D eigenvalue weighted by Gasteiger charge is -2.07. The van der Waals surface area contributed by atoms with Crippen molar-refractivity contribution >= 4 is 31.5 Å². The molecule has 0 amide bonds. The zero-order valence-corrected chi connectivity index (χ0v) is 10.5. The van der Waals surface area contributed by atoms with Crippen molar-refractivity contribution in [2.45, 2.75) is 0 Å². The molecule has 3 aromatic rings. The van der Waals surface area contributed by atoms with Crippen molar-refractivity contribution < 1.29 is 9.84 Å². The number of rotatable bonds is 1. The molecule has 0 aliphatic carbocycles. The van der Waals surface area contributed by atoms with Gasteiger partial charge in [0.05, 0.1) is 17.2 Å². The summed E-state index contributed by atoms with van der Waals surface area (Å²) in [6.07, 6.45) is 0. The molecule has 18 heavy (non-hydrogen) atoms. The van der Waals surface area contributed by atoms with Crippen LogP contribution in [0.1, 0.15) is 0 Å². The molecule has 1 N–H and O–H groups in total. The van der Waals surface area contributed by atoms with E-state index >= 15 is 0 Å². The zero-order valence-electron chi connectivity index (χ0n) is 9.64. The number of aromatic hydroxyl groups is 1. The highest BCUT2D eigenvalue weighted by Gasteiger charge is 2.13. The van der Waals surface area contributed by atoms with Crippen LogP contribution in [0.3, 0.4) is 0 Å². The fourth-order valence-electron chi connectivity index (χ4n) is 2.03. The summed E-state index contributed by atoms with van der Waals surface area (Å²) in [6, 6.07) is 10.5. The fourth-order valence-corrected chi connectivity index (χ4v) is 3.14. The molecular formula is C14H10O3S. The number of ether oxygens (including phenoxy) is 1. The van der Waals surface area contributed by atoms with E-state index in [0.29, 0.717) is 21.2 Å². The molecule has 0 aliphatic rings. The third-order valence-corrected chi connectivity index (χ3v) is 4.08. The highest BCUT2D eigenvalue weighted by Crippen LogP contribution is 2.35. The molecule has 0 fully saturated rings. The first kappa shape index (κ1) is 11.0. The Balaban J connectivity index is 2.64. The van der Waals surface area contributed by atoms with Gasteiger partial charge >= 0.3 is 0 Å². The minimum absolute atomic E-state index is 0.105. The number of hydrogen-bond donors (Lipinski definition) is 1. The standard InChI is InChI=1S/C14H10O3S/c1-17-10-7-6-9(15)14-12(10)13(16)8-4-2-3-5-11(8)18-14/h2-7,15H,1H3. The van der Waals surface area contributed by atoms with Gasteiger partial charge in [0, 0.05) is 10.1 Å². The van der Waals surface area contributed by atoms with E-state index in [1.807, 2.05) is 18.2 Å². The molecule has 0 saturated carbocycles. The molecule has 1 heterocycles. The summed E-state index contributed by atoms with van der Waals surface area (Å²) >= 11 is 1.39. The maximum Gasteiger partial charge on any atom is 0.199 e. The van der Waals surface area contributed by atoms with Gasteiger partial charge in [-0.3, -0.25) is 4.79 Å². The first-order valence-electron chi connectivity index (χ1n) is 5.44. The predicted molar refractivity (Wildman–Crippen MR) is 73.8 cm³/mol. The summed E-state index contributed by atoms with van der Waals surface area (Å²) in [7, 11) is 1.52. The molecular weight excluding hydrogens is 248 g/mol. The number of hydrogen-bond acceptors (Lipinski definition) is 4. The van der Waals surface area contributed by atoms with Crippen LogP contribution in [0.5, 0.6) is 11.5 Å². The molecule has 0 aliphatic heterocycles. The Morgan fingerprint density at radius 3 is 2.72 bits per heavy atom. The summed E-state index contributed by atoms with van der Waals surface area (Å²) in [4.78, 5) is 12.4. The lowest BCUT2D eigenvalue weighted by atomic mass is 10.1. The minimum atomic E-state index is -0.105. The number of benzene rings is 2. The molecule has 3 nitrogen and oxygen atoms in total. The summed E-state index contributed by atoms with van der Waals surface area (Å²) in [5, 5.41) is 11.0. The van der Waals surface area contributed by atoms with Crippen LogP contribution in [0.15, 0.2) is 41.2 Å². The van der Waals surface area contributed by atoms with E-state index in [1.54, 1.807) is 18.2 Å². The third kappa shape index (κ3) is 1.46. The molecule has 3 rings (SSSR count). The van der Waals surface area contributed by atoms with E-state index in [0.717, 1.165) is 4.70 Å². The molecule has 0 radical (unpaired) electrons. The highest BCUT2D eigenvalue weighted by atomic mass is 32.1. The van der Waals surface area contributed by atoms with Crippen LogP contribution in [-0.4, -0.2) is 12.2 Å². The number of methoxy groups -OCH3 is 1. The van der Waals surface area contributed by atoms with E-state index in [-0.39, 0.29) is 11.2 Å². The van der Waals surface area contributed by atoms with Gasteiger partial charge in [-0.2, -0.15) is 0 Å². The average Bonchev–Trinajstić information content (AvgIpc) is 2.40. The lowest BCUT2D eigenvalue weighted by Crippen LogP contribution is -2.02. The Bertz CT molecular complexity index is 805. The summed E-state index contributed by atoms with van der Waals surface area (Å²) in [5.74, 6) is 0.605. The molecule has 0 atom stereocenters. The Kier molecular flexibility index (Phi) is 2.45. The smallest absolute Gasteiger partial charge is 0.199 e. The van der Waals surface area contributed by atoms with Crippen LogP contribution in [0, 0.1) is 0 Å². The first-order chi connectivity index (χ1) is 8.72. The van der Waals surface area contributed by atoms with Crippen molar-refractivity contribution in [3.63, 3.8) is 0 Å². The monoisotopic (exact) mass is 258 g/mol. The molecule has 2 aromatic carbocycles. The van der Waals surface area contributed by atoms with Crippen molar-refractivity contribution in [3.8, 4) is 11.5 Å². The summed E-state index contributed by atoms with van der Waals surface area (Å²) in [5.41, 5.74) is -0.105. The Labute approximate surface area is 107 Å². The number of phenolic OH excluding ortho intramolecular Hbond substituents is 1. The van der Waals surface area contributed by atoms with E-state index in [4.69, 9.17) is 4.74 Å². The van der Waals surface area contributed by atoms with E-state index in [9.17, 15) is 9.90 Å². The van der Waals surface area contributed by atoms with Crippen molar-refractivity contribution in [2.24, 2.45) is 0 Å². The molecule has 1 aromatic heterocycles. The molecule has 0 bridgehead atoms. The van der Waals surface area contributed by atoms with Crippen LogP contribution in [-0.2, 0) is 0 Å². The van der Waals surface area contributed by atoms with Crippen molar-refractivity contribution in [2.75, 3.05) is 7.11 Å². The quantitative estimate of drug-likeness (QED) is 0.682. The van der Waals surface area contributed by atoms with Crippen LogP contribution >= 0.6 is 11.3 Å². The summed E-state index contributed by atoms with van der Waals surface area (Å²) < 4.78 is 6.64. The molecule has 0 unspecified atom stereocenters. The van der Waals surface area contributed by atoms with Crippen LogP contribution in [0.25, 0.3) is 20.2 Å². The second-order valence-corrected chi connectivity index (χ2v) is 4.97. The molecule has 0 spiro atoms. The van der Waals surface area contributed by atoms with Gasteiger partial charge in [-0.1, -0.05) is 12.1 Å². The topological polar surface area (TPSA) is 46.5 Å². The number of phenols is 1. The summed E-state index contributed by atoms with van der Waals surface area (Å²) in [6.45, 7) is 0. The average molecular weight is 258 g/mol. The van der Waals surface area contributed by atoms with Crippen LogP contribution in [0.2, 0.25) is 0 Å². The van der Waals surface area contributed by atoms with Crippen molar-refractivity contribution in [1.82, 2.24) is 0 Å². The normalized spacial score (nSPS) is 10.9. The van der Waals surface area contributed by atoms with Gasteiger partial charge in [-0.05, 0) is 24.3 Å². The fraction of sp³-hybridized carbons (Fsp3) is 0.0714. The van der Waals surface area contributed by atoms with Gasteiger partial charge in [0.15, 0.2) is 5.43 Å². The van der Waals surface area contributed by atoms with Crippen molar-refractivity contribution in [1.29, 1.82) is 0 Å². The largest absolute Gasteiger partial charge is 0.506 e. The zero-order chi connectivity index (χ0) is 12.7. The molecule has 90 valence electrons. The van der Waals surface area contributed by atoms with Gasteiger partial charge in [0.1, 0.15) is 11.5 Å². The van der Waals surface area contributed by atoms with Gasteiger partial charge in [0.2, 0.25) is 0 Å². The minimum Gasteiger partial charge on any atom is -0.506 e. The number of fused-ring (bicyclic) bond motifs is 2. The maximum absolute atomic E-state index is 12.4. The third-order valence-electron chi connectivity index (χ3n) is 2.89. The van der Waals surface area contributed by atoms with Gasteiger partial charge in [-0.15, -0.1) is 11.3 Å². The van der Waals surface area contributed by atoms with Crippen LogP contribution < -0.4 is 10.2 Å². The Morgan fingerprint density at radius 1 is 1.17 bits per heavy atom. The van der Waals surface area contributed by atoms with Gasteiger partial charge < -0.3 is 9.84 Å². The Morgan fingerprint density at radius 2 is 1.94 bits per heavy atom.